The number of ketones is 1. The predicted octanol–water partition coefficient (Wildman–Crippen LogP) is 3.45. The highest BCUT2D eigenvalue weighted by atomic mass is 32.2. The van der Waals surface area contributed by atoms with Gasteiger partial charge in [0.2, 0.25) is 0 Å². The van der Waals surface area contributed by atoms with Gasteiger partial charge in [-0.25, -0.2) is 9.97 Å². The zero-order chi connectivity index (χ0) is 14.5. The van der Waals surface area contributed by atoms with Gasteiger partial charge in [0.15, 0.2) is 11.7 Å². The van der Waals surface area contributed by atoms with E-state index in [-0.39, 0.29) is 5.78 Å². The van der Waals surface area contributed by atoms with Crippen molar-refractivity contribution in [2.45, 2.75) is 24.8 Å². The molecule has 0 aromatic carbocycles. The van der Waals surface area contributed by atoms with Crippen LogP contribution in [0.3, 0.4) is 0 Å². The van der Waals surface area contributed by atoms with Crippen molar-refractivity contribution in [2.75, 3.05) is 5.75 Å². The number of thiazole rings is 1. The normalized spacial score (nSPS) is 11.8. The zero-order valence-electron chi connectivity index (χ0n) is 11.2. The molecule has 0 spiro atoms. The van der Waals surface area contributed by atoms with Gasteiger partial charge in [0.1, 0.15) is 5.01 Å². The lowest BCUT2D eigenvalue weighted by Gasteiger charge is -2.05. The fourth-order valence-corrected chi connectivity index (χ4v) is 3.08. The molecular weight excluding hydrogens is 290 g/mol. The number of pyridine rings is 1. The van der Waals surface area contributed by atoms with E-state index >= 15 is 0 Å². The lowest BCUT2D eigenvalue weighted by molar-refractivity contribution is 0.0978. The first-order valence-electron chi connectivity index (χ1n) is 6.10. The molecule has 102 valence electrons. The Kier molecular flexibility index (Phi) is 4.88. The van der Waals surface area contributed by atoms with Crippen LogP contribution in [0.1, 0.15) is 33.9 Å². The number of Topliss-reactive ketones (excluding diaryl/α,β-unsaturated/α-hetero) is 1. The third kappa shape index (κ3) is 3.24. The second-order valence-corrected chi connectivity index (χ2v) is 6.25. The van der Waals surface area contributed by atoms with Crippen molar-refractivity contribution in [1.82, 2.24) is 9.97 Å². The number of hydrogen-bond acceptors (Lipinski definition) is 6. The van der Waals surface area contributed by atoms with Crippen molar-refractivity contribution in [3.63, 3.8) is 0 Å². The Labute approximate surface area is 125 Å². The summed E-state index contributed by atoms with van der Waals surface area (Å²) < 4.78 is 0. The first-order chi connectivity index (χ1) is 9.65. The Morgan fingerprint density at radius 3 is 2.85 bits per heavy atom. The fourth-order valence-electron chi connectivity index (χ4n) is 1.66. The summed E-state index contributed by atoms with van der Waals surface area (Å²) in [5.41, 5.74) is 1.27. The SMILES string of the molecule is CCSc1ccc(C(=O)[C@@H](C#N)c2nc(C)cs2)cn1. The molecule has 1 atom stereocenters. The first kappa shape index (κ1) is 14.7. The second-order valence-electron chi connectivity index (χ2n) is 4.07. The van der Waals surface area contributed by atoms with Gasteiger partial charge < -0.3 is 0 Å². The Morgan fingerprint density at radius 2 is 2.35 bits per heavy atom. The van der Waals surface area contributed by atoms with Crippen LogP contribution in [0.25, 0.3) is 0 Å². The molecule has 0 radical (unpaired) electrons. The molecule has 0 bridgehead atoms. The summed E-state index contributed by atoms with van der Waals surface area (Å²) in [5, 5.41) is 12.5. The topological polar surface area (TPSA) is 66.6 Å². The van der Waals surface area contributed by atoms with Gasteiger partial charge in [-0.05, 0) is 24.8 Å². The minimum absolute atomic E-state index is 0.248. The van der Waals surface area contributed by atoms with Crippen LogP contribution in [0.5, 0.6) is 0 Å². The number of carbonyl (C=O) groups excluding carboxylic acids is 1. The van der Waals surface area contributed by atoms with Crippen LogP contribution in [0, 0.1) is 18.3 Å². The maximum Gasteiger partial charge on any atom is 0.188 e. The van der Waals surface area contributed by atoms with E-state index in [2.05, 4.69) is 9.97 Å². The molecule has 0 aliphatic heterocycles. The van der Waals surface area contributed by atoms with Crippen molar-refractivity contribution in [2.24, 2.45) is 0 Å². The minimum atomic E-state index is -0.847. The summed E-state index contributed by atoms with van der Waals surface area (Å²) in [4.78, 5) is 20.8. The predicted molar refractivity (Wildman–Crippen MR) is 80.2 cm³/mol. The third-order valence-corrected chi connectivity index (χ3v) is 4.44. The highest BCUT2D eigenvalue weighted by molar-refractivity contribution is 7.99. The van der Waals surface area contributed by atoms with Gasteiger partial charge in [-0.15, -0.1) is 23.1 Å². The van der Waals surface area contributed by atoms with Gasteiger partial charge >= 0.3 is 0 Å². The molecule has 0 aliphatic rings. The first-order valence-corrected chi connectivity index (χ1v) is 7.97. The summed E-state index contributed by atoms with van der Waals surface area (Å²) in [7, 11) is 0. The summed E-state index contributed by atoms with van der Waals surface area (Å²) >= 11 is 2.95. The van der Waals surface area contributed by atoms with Crippen molar-refractivity contribution < 1.29 is 4.79 Å². The number of nitrogens with zero attached hydrogens (tertiary/aromatic N) is 3. The summed E-state index contributed by atoms with van der Waals surface area (Å²) in [6, 6.07) is 5.56. The largest absolute Gasteiger partial charge is 0.292 e. The number of thioether (sulfide) groups is 1. The van der Waals surface area contributed by atoms with E-state index in [1.807, 2.05) is 31.4 Å². The summed E-state index contributed by atoms with van der Waals surface area (Å²) in [6.07, 6.45) is 1.53. The average molecular weight is 303 g/mol. The summed E-state index contributed by atoms with van der Waals surface area (Å²) in [6.45, 7) is 3.89. The van der Waals surface area contributed by atoms with Gasteiger partial charge in [0.05, 0.1) is 11.1 Å². The Hall–Kier alpha value is -1.71. The van der Waals surface area contributed by atoms with Gasteiger partial charge in [-0.2, -0.15) is 5.26 Å². The number of carbonyl (C=O) groups is 1. The lowest BCUT2D eigenvalue weighted by Crippen LogP contribution is -2.11. The molecule has 0 N–H and O–H groups in total. The van der Waals surface area contributed by atoms with E-state index in [1.54, 1.807) is 17.8 Å². The molecule has 4 nitrogen and oxygen atoms in total. The van der Waals surface area contributed by atoms with Crippen LogP contribution < -0.4 is 0 Å². The number of aromatic nitrogens is 2. The van der Waals surface area contributed by atoms with Gasteiger partial charge in [0.25, 0.3) is 0 Å². The molecule has 2 heterocycles. The van der Waals surface area contributed by atoms with E-state index in [0.717, 1.165) is 16.5 Å². The third-order valence-electron chi connectivity index (χ3n) is 2.59. The minimum Gasteiger partial charge on any atom is -0.292 e. The summed E-state index contributed by atoms with van der Waals surface area (Å²) in [5.74, 6) is -0.165. The van der Waals surface area contributed by atoms with Crippen molar-refractivity contribution in [3.05, 3.63) is 40.0 Å². The van der Waals surface area contributed by atoms with Crippen LogP contribution in [0.15, 0.2) is 28.7 Å². The Balaban J connectivity index is 2.23. The van der Waals surface area contributed by atoms with Gasteiger partial charge in [-0.1, -0.05) is 6.92 Å². The fraction of sp³-hybridized carbons (Fsp3) is 0.286. The molecule has 0 unspecified atom stereocenters. The van der Waals surface area contributed by atoms with Crippen LogP contribution >= 0.6 is 23.1 Å². The van der Waals surface area contributed by atoms with E-state index in [1.165, 1.54) is 17.5 Å². The molecule has 0 fully saturated rings. The zero-order valence-corrected chi connectivity index (χ0v) is 12.8. The van der Waals surface area contributed by atoms with E-state index in [9.17, 15) is 10.1 Å². The van der Waals surface area contributed by atoms with Crippen molar-refractivity contribution in [3.8, 4) is 6.07 Å². The quantitative estimate of drug-likeness (QED) is 0.625. The molecule has 0 saturated carbocycles. The van der Waals surface area contributed by atoms with E-state index in [0.29, 0.717) is 10.6 Å². The Bertz CT molecular complexity index is 643. The molecule has 2 rings (SSSR count). The van der Waals surface area contributed by atoms with Crippen molar-refractivity contribution >= 4 is 28.9 Å². The maximum atomic E-state index is 12.4. The van der Waals surface area contributed by atoms with Crippen LogP contribution in [0.4, 0.5) is 0 Å². The highest BCUT2D eigenvalue weighted by Gasteiger charge is 2.24. The molecule has 20 heavy (non-hydrogen) atoms. The lowest BCUT2D eigenvalue weighted by atomic mass is 10.0. The molecule has 0 saturated heterocycles. The molecule has 2 aromatic heterocycles. The number of rotatable bonds is 5. The molecule has 6 heteroatoms. The number of nitriles is 1. The Morgan fingerprint density at radius 1 is 1.55 bits per heavy atom. The monoisotopic (exact) mass is 303 g/mol. The highest BCUT2D eigenvalue weighted by Crippen LogP contribution is 2.24. The van der Waals surface area contributed by atoms with Crippen LogP contribution in [-0.4, -0.2) is 21.5 Å². The van der Waals surface area contributed by atoms with E-state index < -0.39 is 5.92 Å². The molecule has 0 amide bonds. The maximum absolute atomic E-state index is 12.4. The molecule has 0 aliphatic carbocycles. The van der Waals surface area contributed by atoms with Crippen LogP contribution in [0.2, 0.25) is 0 Å². The smallest absolute Gasteiger partial charge is 0.188 e. The average Bonchev–Trinajstić information content (AvgIpc) is 2.87. The van der Waals surface area contributed by atoms with E-state index in [4.69, 9.17) is 0 Å². The van der Waals surface area contributed by atoms with Crippen LogP contribution in [-0.2, 0) is 0 Å². The molecular formula is C14H13N3OS2. The van der Waals surface area contributed by atoms with Crippen molar-refractivity contribution in [1.29, 1.82) is 5.26 Å². The standard InChI is InChI=1S/C14H13N3OS2/c1-3-19-12-5-4-10(7-16-12)13(18)11(6-15)14-17-9(2)8-20-14/h4-5,7-8,11H,3H2,1-2H3/t11-/m1/s1. The van der Waals surface area contributed by atoms with Gasteiger partial charge in [-0.3, -0.25) is 4.79 Å². The second kappa shape index (κ2) is 6.64. The number of aryl methyl sites for hydroxylation is 1. The molecule has 2 aromatic rings. The van der Waals surface area contributed by atoms with Gasteiger partial charge in [0, 0.05) is 22.8 Å². The number of hydrogen-bond donors (Lipinski definition) is 0.